The van der Waals surface area contributed by atoms with E-state index < -0.39 is 5.97 Å². The lowest BCUT2D eigenvalue weighted by Crippen LogP contribution is -2.31. The maximum absolute atomic E-state index is 10.5. The molecule has 4 heteroatoms. The van der Waals surface area contributed by atoms with Crippen LogP contribution in [0, 0.1) is 0 Å². The molecule has 0 bridgehead atoms. The van der Waals surface area contributed by atoms with Gasteiger partial charge in [0.1, 0.15) is 0 Å². The molecule has 1 aromatic rings. The number of hydrogen-bond donors (Lipinski definition) is 1. The Bertz CT molecular complexity index is 453. The summed E-state index contributed by atoms with van der Waals surface area (Å²) in [4.78, 5) is 14.3. The van der Waals surface area contributed by atoms with Crippen LogP contribution in [0.2, 0.25) is 0 Å². The van der Waals surface area contributed by atoms with Crippen LogP contribution in [-0.4, -0.2) is 28.6 Å². The maximum Gasteiger partial charge on any atom is 0.328 e. The molecule has 1 atom stereocenters. The predicted octanol–water partition coefficient (Wildman–Crippen LogP) is 3.61. The van der Waals surface area contributed by atoms with Crippen LogP contribution in [0.5, 0.6) is 0 Å². The Morgan fingerprint density at radius 1 is 1.53 bits per heavy atom. The number of likely N-dealkylation sites (tertiary alicyclic amines) is 1. The quantitative estimate of drug-likeness (QED) is 0.856. The summed E-state index contributed by atoms with van der Waals surface area (Å²) in [6, 6.07) is 2.75. The summed E-state index contributed by atoms with van der Waals surface area (Å²) < 4.78 is 0. The van der Waals surface area contributed by atoms with E-state index in [-0.39, 0.29) is 0 Å². The molecule has 1 fully saturated rings. The van der Waals surface area contributed by atoms with Gasteiger partial charge in [0.05, 0.1) is 0 Å². The molecule has 0 aromatic carbocycles. The first-order valence-electron chi connectivity index (χ1n) is 6.87. The van der Waals surface area contributed by atoms with E-state index in [1.54, 1.807) is 17.4 Å². The summed E-state index contributed by atoms with van der Waals surface area (Å²) in [5.74, 6) is -0.895. The van der Waals surface area contributed by atoms with Crippen LogP contribution in [0.4, 0.5) is 0 Å². The molecular weight excluding hydrogens is 258 g/mol. The molecule has 19 heavy (non-hydrogen) atoms. The van der Waals surface area contributed by atoms with E-state index in [1.807, 2.05) is 5.38 Å². The summed E-state index contributed by atoms with van der Waals surface area (Å²) in [5.41, 5.74) is 0.991. The number of rotatable bonds is 4. The van der Waals surface area contributed by atoms with Crippen molar-refractivity contribution in [1.82, 2.24) is 4.90 Å². The van der Waals surface area contributed by atoms with Crippen molar-refractivity contribution >= 4 is 23.4 Å². The normalized spacial score (nSPS) is 21.6. The fraction of sp³-hybridized carbons (Fsp3) is 0.533. The van der Waals surface area contributed by atoms with E-state index in [9.17, 15) is 4.79 Å². The van der Waals surface area contributed by atoms with Crippen molar-refractivity contribution in [1.29, 1.82) is 0 Å². The Morgan fingerprint density at radius 2 is 2.37 bits per heavy atom. The smallest absolute Gasteiger partial charge is 0.328 e. The van der Waals surface area contributed by atoms with Gasteiger partial charge in [-0.15, -0.1) is 11.3 Å². The molecule has 0 spiro atoms. The second-order valence-electron chi connectivity index (χ2n) is 5.19. The predicted molar refractivity (Wildman–Crippen MR) is 79.3 cm³/mol. The second kappa shape index (κ2) is 6.87. The van der Waals surface area contributed by atoms with Crippen molar-refractivity contribution in [2.75, 3.05) is 6.54 Å². The lowest BCUT2D eigenvalue weighted by molar-refractivity contribution is -0.131. The maximum atomic E-state index is 10.5. The van der Waals surface area contributed by atoms with Crippen molar-refractivity contribution in [2.24, 2.45) is 0 Å². The van der Waals surface area contributed by atoms with Crippen molar-refractivity contribution in [3.8, 4) is 0 Å². The van der Waals surface area contributed by atoms with E-state index in [4.69, 9.17) is 5.11 Å². The van der Waals surface area contributed by atoms with Crippen LogP contribution in [0.3, 0.4) is 0 Å². The van der Waals surface area contributed by atoms with Gasteiger partial charge in [0, 0.05) is 23.5 Å². The molecule has 1 aliphatic rings. The molecule has 1 N–H and O–H groups in total. The zero-order valence-corrected chi connectivity index (χ0v) is 12.2. The highest BCUT2D eigenvalue weighted by Gasteiger charge is 2.17. The Morgan fingerprint density at radius 3 is 3.16 bits per heavy atom. The largest absolute Gasteiger partial charge is 0.478 e. The average molecular weight is 279 g/mol. The van der Waals surface area contributed by atoms with Gasteiger partial charge >= 0.3 is 5.97 Å². The van der Waals surface area contributed by atoms with E-state index >= 15 is 0 Å². The van der Waals surface area contributed by atoms with Gasteiger partial charge in [0.15, 0.2) is 0 Å². The zero-order chi connectivity index (χ0) is 13.7. The van der Waals surface area contributed by atoms with Crippen LogP contribution in [-0.2, 0) is 11.3 Å². The minimum absolute atomic E-state index is 0.655. The number of thiophene rings is 1. The van der Waals surface area contributed by atoms with Crippen molar-refractivity contribution < 1.29 is 9.90 Å². The molecule has 2 heterocycles. The fourth-order valence-electron chi connectivity index (χ4n) is 2.50. The van der Waals surface area contributed by atoms with E-state index in [0.717, 1.165) is 12.1 Å². The van der Waals surface area contributed by atoms with Gasteiger partial charge in [-0.25, -0.2) is 4.79 Å². The average Bonchev–Trinajstić information content (AvgIpc) is 2.72. The third kappa shape index (κ3) is 4.48. The van der Waals surface area contributed by atoms with Crippen LogP contribution < -0.4 is 0 Å². The first-order chi connectivity index (χ1) is 9.15. The van der Waals surface area contributed by atoms with Crippen LogP contribution >= 0.6 is 11.3 Å². The zero-order valence-electron chi connectivity index (χ0n) is 11.3. The summed E-state index contributed by atoms with van der Waals surface area (Å²) in [5, 5.41) is 10.6. The first kappa shape index (κ1) is 14.3. The Labute approximate surface area is 118 Å². The van der Waals surface area contributed by atoms with Gasteiger partial charge in [0.2, 0.25) is 0 Å². The molecule has 0 aliphatic carbocycles. The summed E-state index contributed by atoms with van der Waals surface area (Å²) in [7, 11) is 0. The molecule has 2 rings (SSSR count). The fourth-order valence-corrected chi connectivity index (χ4v) is 3.38. The summed E-state index contributed by atoms with van der Waals surface area (Å²) in [6.45, 7) is 4.48. The molecule has 0 amide bonds. The highest BCUT2D eigenvalue weighted by Crippen LogP contribution is 2.22. The third-order valence-electron chi connectivity index (χ3n) is 3.64. The van der Waals surface area contributed by atoms with Crippen LogP contribution in [0.15, 0.2) is 17.5 Å². The number of nitrogens with zero attached hydrogens (tertiary/aromatic N) is 1. The number of carbonyl (C=O) groups is 1. The van der Waals surface area contributed by atoms with Crippen molar-refractivity contribution in [3.63, 3.8) is 0 Å². The number of hydrogen-bond acceptors (Lipinski definition) is 3. The standard InChI is InChI=1S/C15H21NO2S/c1-12-5-3-2-4-8-16(12)10-14-9-13(11-19-14)6-7-15(17)18/h6-7,9,11-12H,2-5,8,10H2,1H3,(H,17,18). The molecule has 0 radical (unpaired) electrons. The summed E-state index contributed by atoms with van der Waals surface area (Å²) >= 11 is 1.72. The molecule has 0 saturated carbocycles. The molecule has 3 nitrogen and oxygen atoms in total. The highest BCUT2D eigenvalue weighted by atomic mass is 32.1. The Hall–Kier alpha value is -1.13. The molecule has 1 saturated heterocycles. The van der Waals surface area contributed by atoms with Crippen molar-refractivity contribution in [3.05, 3.63) is 28.0 Å². The Kier molecular flexibility index (Phi) is 5.16. The Balaban J connectivity index is 1.96. The molecule has 1 aromatic heterocycles. The van der Waals surface area contributed by atoms with Crippen LogP contribution in [0.25, 0.3) is 6.08 Å². The van der Waals surface area contributed by atoms with Gasteiger partial charge in [0.25, 0.3) is 0 Å². The monoisotopic (exact) mass is 279 g/mol. The molecule has 1 aliphatic heterocycles. The summed E-state index contributed by atoms with van der Waals surface area (Å²) in [6.07, 6.45) is 8.12. The topological polar surface area (TPSA) is 40.5 Å². The minimum atomic E-state index is -0.895. The SMILES string of the molecule is CC1CCCCCN1Cc1cc(C=CC(=O)O)cs1. The lowest BCUT2D eigenvalue weighted by Gasteiger charge is -2.26. The number of carboxylic acid groups (broad SMARTS) is 1. The van der Waals surface area contributed by atoms with E-state index in [2.05, 4.69) is 17.9 Å². The van der Waals surface area contributed by atoms with Gasteiger partial charge in [-0.3, -0.25) is 4.90 Å². The molecule has 1 unspecified atom stereocenters. The molecule has 104 valence electrons. The van der Waals surface area contributed by atoms with Gasteiger partial charge in [-0.2, -0.15) is 0 Å². The minimum Gasteiger partial charge on any atom is -0.478 e. The first-order valence-corrected chi connectivity index (χ1v) is 7.75. The van der Waals surface area contributed by atoms with E-state index in [1.165, 1.54) is 43.2 Å². The van der Waals surface area contributed by atoms with Crippen LogP contribution in [0.1, 0.15) is 43.0 Å². The van der Waals surface area contributed by atoms with E-state index in [0.29, 0.717) is 6.04 Å². The third-order valence-corrected chi connectivity index (χ3v) is 4.58. The van der Waals surface area contributed by atoms with Gasteiger partial charge in [-0.1, -0.05) is 12.8 Å². The second-order valence-corrected chi connectivity index (χ2v) is 6.18. The lowest BCUT2D eigenvalue weighted by atomic mass is 10.1. The van der Waals surface area contributed by atoms with Gasteiger partial charge < -0.3 is 5.11 Å². The van der Waals surface area contributed by atoms with Crippen molar-refractivity contribution in [2.45, 2.75) is 45.2 Å². The molecular formula is C15H21NO2S. The highest BCUT2D eigenvalue weighted by molar-refractivity contribution is 7.10. The number of carboxylic acids is 1. The van der Waals surface area contributed by atoms with Gasteiger partial charge in [-0.05, 0) is 49.4 Å². The number of aliphatic carboxylic acids is 1.